The van der Waals surface area contributed by atoms with Crippen molar-refractivity contribution in [2.45, 2.75) is 45.4 Å². The first-order chi connectivity index (χ1) is 6.93. The molecule has 0 aromatic rings. The van der Waals surface area contributed by atoms with Gasteiger partial charge in [-0.3, -0.25) is 0 Å². The topological polar surface area (TPSA) is 9.23 Å². The number of fused-ring (bicyclic) bond motifs is 1. The van der Waals surface area contributed by atoms with E-state index < -0.39 is 0 Å². The van der Waals surface area contributed by atoms with E-state index in [-0.39, 0.29) is 0 Å². The van der Waals surface area contributed by atoms with Gasteiger partial charge in [0, 0.05) is 12.8 Å². The van der Waals surface area contributed by atoms with Gasteiger partial charge in [0.1, 0.15) is 0 Å². The molecule has 2 atom stereocenters. The van der Waals surface area contributed by atoms with Gasteiger partial charge in [0.15, 0.2) is 11.8 Å². The summed E-state index contributed by atoms with van der Waals surface area (Å²) in [5, 5.41) is 0. The first-order valence-corrected chi connectivity index (χ1v) is 5.88. The zero-order chi connectivity index (χ0) is 9.80. The second kappa shape index (κ2) is 4.75. The average molecular weight is 191 g/mol. The molecule has 0 saturated heterocycles. The number of ether oxygens (including phenoxy) is 1. The summed E-state index contributed by atoms with van der Waals surface area (Å²) in [6.07, 6.45) is 8.68. The molecule has 0 amide bonds. The van der Waals surface area contributed by atoms with E-state index in [2.05, 4.69) is 18.8 Å². The van der Waals surface area contributed by atoms with Crippen LogP contribution in [0.1, 0.15) is 45.4 Å². The summed E-state index contributed by atoms with van der Waals surface area (Å²) < 4.78 is 5.67. The number of rotatable bonds is 2. The Bertz CT molecular complexity index is 215. The molecule has 2 unspecified atom stereocenters. The predicted octanol–water partition coefficient (Wildman–Crippen LogP) is 3.16. The number of hydrogen-bond donors (Lipinski definition) is 0. The van der Waals surface area contributed by atoms with Crippen molar-refractivity contribution in [2.24, 2.45) is 11.8 Å². The molecule has 0 aliphatic heterocycles. The molecule has 2 aliphatic rings. The molecule has 1 saturated carbocycles. The Morgan fingerprint density at radius 3 is 2.21 bits per heavy atom. The van der Waals surface area contributed by atoms with Gasteiger partial charge in [-0.25, -0.2) is 0 Å². The molecule has 0 spiro atoms. The van der Waals surface area contributed by atoms with Gasteiger partial charge >= 0.3 is 0 Å². The molecular weight excluding hydrogens is 172 g/mol. The molecule has 2 aliphatic carbocycles. The van der Waals surface area contributed by atoms with Crippen molar-refractivity contribution >= 4 is 0 Å². The lowest BCUT2D eigenvalue weighted by Crippen LogP contribution is -1.88. The van der Waals surface area contributed by atoms with Crippen molar-refractivity contribution in [3.63, 3.8) is 0 Å². The smallest absolute Gasteiger partial charge is 0.193 e. The van der Waals surface area contributed by atoms with E-state index >= 15 is 0 Å². The highest BCUT2D eigenvalue weighted by molar-refractivity contribution is 5.15. The van der Waals surface area contributed by atoms with Crippen LogP contribution in [0, 0.1) is 29.8 Å². The van der Waals surface area contributed by atoms with Gasteiger partial charge in [-0.15, -0.1) is 11.8 Å². The molecule has 0 bridgehead atoms. The van der Waals surface area contributed by atoms with E-state index in [1.54, 1.807) is 0 Å². The fourth-order valence-corrected chi connectivity index (χ4v) is 2.41. The van der Waals surface area contributed by atoms with Crippen molar-refractivity contribution in [2.75, 3.05) is 6.61 Å². The minimum absolute atomic E-state index is 0.787. The fourth-order valence-electron chi connectivity index (χ4n) is 2.41. The van der Waals surface area contributed by atoms with Gasteiger partial charge in [0.05, 0.1) is 6.61 Å². The van der Waals surface area contributed by atoms with Crippen LogP contribution in [0.5, 0.6) is 0 Å². The molecule has 0 N–H and O–H groups in total. The van der Waals surface area contributed by atoms with Crippen molar-refractivity contribution in [1.82, 2.24) is 0 Å². The summed E-state index contributed by atoms with van der Waals surface area (Å²) in [5.74, 6) is 8.06. The van der Waals surface area contributed by atoms with Crippen LogP contribution in [0.25, 0.3) is 0 Å². The van der Waals surface area contributed by atoms with Gasteiger partial charge in [0.2, 0.25) is 0 Å². The maximum atomic E-state index is 5.67. The highest BCUT2D eigenvalue weighted by Crippen LogP contribution is 2.54. The van der Waals surface area contributed by atoms with Crippen LogP contribution in [0.3, 0.4) is 0 Å². The third-order valence-corrected chi connectivity index (χ3v) is 3.18. The standard InChI is InChI=1S/C13H19O/c1-2-14-13-11-9-7-5-3-4-6-8-10-12(11)13/h11-12H,2,5-10H2,1H3/q+1. The van der Waals surface area contributed by atoms with E-state index in [0.29, 0.717) is 0 Å². The molecule has 1 nitrogen and oxygen atoms in total. The molecule has 0 aromatic carbocycles. The van der Waals surface area contributed by atoms with Crippen LogP contribution in [0.15, 0.2) is 0 Å². The number of hydrogen-bond acceptors (Lipinski definition) is 1. The van der Waals surface area contributed by atoms with Crippen LogP contribution in [-0.4, -0.2) is 6.61 Å². The van der Waals surface area contributed by atoms with Gasteiger partial charge in [-0.2, -0.15) is 4.74 Å². The van der Waals surface area contributed by atoms with Crippen LogP contribution < -0.4 is 0 Å². The van der Waals surface area contributed by atoms with Crippen molar-refractivity contribution in [3.05, 3.63) is 6.10 Å². The molecular formula is C13H19O+. The Hall–Kier alpha value is -0.610. The lowest BCUT2D eigenvalue weighted by molar-refractivity contribution is 0.185. The zero-order valence-electron chi connectivity index (χ0n) is 9.01. The maximum Gasteiger partial charge on any atom is 0.256 e. The van der Waals surface area contributed by atoms with Gasteiger partial charge in [0.25, 0.3) is 6.10 Å². The van der Waals surface area contributed by atoms with Gasteiger partial charge in [-0.1, -0.05) is 0 Å². The van der Waals surface area contributed by atoms with E-state index in [4.69, 9.17) is 4.74 Å². The Morgan fingerprint density at radius 2 is 1.71 bits per heavy atom. The second-order valence-corrected chi connectivity index (χ2v) is 4.19. The van der Waals surface area contributed by atoms with E-state index in [9.17, 15) is 0 Å². The Labute approximate surface area is 87.2 Å². The molecule has 1 heteroatoms. The first kappa shape index (κ1) is 9.93. The molecule has 76 valence electrons. The highest BCUT2D eigenvalue weighted by atomic mass is 16.5. The second-order valence-electron chi connectivity index (χ2n) is 4.19. The van der Waals surface area contributed by atoms with Crippen LogP contribution in [0.4, 0.5) is 0 Å². The molecule has 2 rings (SSSR count). The highest BCUT2D eigenvalue weighted by Gasteiger charge is 2.65. The Kier molecular flexibility index (Phi) is 3.37. The van der Waals surface area contributed by atoms with E-state index in [1.807, 2.05) is 0 Å². The first-order valence-electron chi connectivity index (χ1n) is 5.88. The quantitative estimate of drug-likeness (QED) is 0.481. The summed E-state index contributed by atoms with van der Waals surface area (Å²) >= 11 is 0. The summed E-state index contributed by atoms with van der Waals surface area (Å²) in [7, 11) is 0. The van der Waals surface area contributed by atoms with Crippen molar-refractivity contribution < 1.29 is 4.74 Å². The largest absolute Gasteiger partial charge is 0.256 e. The molecule has 0 heterocycles. The molecule has 14 heavy (non-hydrogen) atoms. The summed E-state index contributed by atoms with van der Waals surface area (Å²) in [6.45, 7) is 2.93. The van der Waals surface area contributed by atoms with E-state index in [1.165, 1.54) is 31.8 Å². The Balaban J connectivity index is 1.83. The lowest BCUT2D eigenvalue weighted by atomic mass is 10.1. The third kappa shape index (κ3) is 2.25. The van der Waals surface area contributed by atoms with Crippen LogP contribution in [-0.2, 0) is 4.74 Å². The molecule has 0 radical (unpaired) electrons. The SMILES string of the molecule is CCO[C+]1C2CCCC#CCCCC12. The van der Waals surface area contributed by atoms with Crippen LogP contribution >= 0.6 is 0 Å². The summed E-state index contributed by atoms with van der Waals surface area (Å²) in [5.41, 5.74) is 0. The van der Waals surface area contributed by atoms with E-state index in [0.717, 1.165) is 31.3 Å². The minimum atomic E-state index is 0.787. The van der Waals surface area contributed by atoms with Crippen molar-refractivity contribution in [1.29, 1.82) is 0 Å². The monoisotopic (exact) mass is 191 g/mol. The summed E-state index contributed by atoms with van der Waals surface area (Å²) in [4.78, 5) is 0. The average Bonchev–Trinajstić information content (AvgIpc) is 2.86. The normalized spacial score (nSPS) is 31.4. The maximum absolute atomic E-state index is 5.67. The zero-order valence-corrected chi connectivity index (χ0v) is 9.01. The molecule has 1 fully saturated rings. The summed E-state index contributed by atoms with van der Waals surface area (Å²) in [6, 6.07) is 0. The molecule has 0 aromatic heterocycles. The minimum Gasteiger partial charge on any atom is -0.193 e. The van der Waals surface area contributed by atoms with Crippen LogP contribution in [0.2, 0.25) is 0 Å². The fraction of sp³-hybridized carbons (Fsp3) is 0.769. The van der Waals surface area contributed by atoms with Gasteiger partial charge in [-0.05, 0) is 32.6 Å². The third-order valence-electron chi connectivity index (χ3n) is 3.18. The lowest BCUT2D eigenvalue weighted by Gasteiger charge is -1.92. The Morgan fingerprint density at radius 1 is 1.14 bits per heavy atom. The van der Waals surface area contributed by atoms with Crippen molar-refractivity contribution in [3.8, 4) is 11.8 Å². The predicted molar refractivity (Wildman–Crippen MR) is 57.3 cm³/mol. The van der Waals surface area contributed by atoms with Gasteiger partial charge < -0.3 is 0 Å².